The Bertz CT molecular complexity index is 639. The van der Waals surface area contributed by atoms with Crippen LogP contribution in [-0.4, -0.2) is 168 Å². The molecule has 11 N–H and O–H groups in total. The van der Waals surface area contributed by atoms with Crippen molar-refractivity contribution in [2.45, 2.75) is 92.1 Å². The second-order valence-electron chi connectivity index (χ2n) is 8.42. The van der Waals surface area contributed by atoms with Crippen LogP contribution in [0.15, 0.2) is 0 Å². The normalized spacial score (nSPS) is 52.5. The van der Waals surface area contributed by atoms with Gasteiger partial charge in [-0.25, -0.2) is 0 Å². The predicted molar refractivity (Wildman–Crippen MR) is 101 cm³/mol. The predicted octanol–water partition coefficient (Wildman–Crippen LogP) is -7.57. The van der Waals surface area contributed by atoms with E-state index in [-0.39, 0.29) is 0 Å². The average Bonchev–Trinajstić information content (AvgIpc) is 2.82. The van der Waals surface area contributed by atoms with Crippen molar-refractivity contribution in [3.63, 3.8) is 0 Å². The average molecular weight is 504 g/mol. The van der Waals surface area contributed by atoms with Gasteiger partial charge >= 0.3 is 0 Å². The van der Waals surface area contributed by atoms with Gasteiger partial charge in [-0.05, 0) is 0 Å². The Labute approximate surface area is 192 Å². The Balaban J connectivity index is 1.58. The van der Waals surface area contributed by atoms with Crippen LogP contribution in [0.4, 0.5) is 0 Å². The van der Waals surface area contributed by atoms with Crippen LogP contribution in [0, 0.1) is 0 Å². The standard InChI is InChI=1S/C18H32O16/c19-1-4-7(20)11(24)14(27)17(33-4)31-3-6-9(22)12(25)15(28)18(34-6)30-2-5-8(21)10(23)13(26)16(29)32-5/h4-29H,1-3H2/t4-,5-,6-,7-,8+,9-,10+,11+,12+,13-,14-,15-,16+,17-,18-/m1/s1. The minimum atomic E-state index is -1.82. The molecule has 3 fully saturated rings. The zero-order valence-corrected chi connectivity index (χ0v) is 17.7. The molecule has 16 nitrogen and oxygen atoms in total. The number of aliphatic hydroxyl groups excluding tert-OH is 11. The van der Waals surface area contributed by atoms with Crippen molar-refractivity contribution < 1.29 is 79.9 Å². The van der Waals surface area contributed by atoms with Gasteiger partial charge in [0.25, 0.3) is 0 Å². The van der Waals surface area contributed by atoms with Gasteiger partial charge in [-0.15, -0.1) is 0 Å². The van der Waals surface area contributed by atoms with E-state index in [9.17, 15) is 56.2 Å². The molecule has 34 heavy (non-hydrogen) atoms. The highest BCUT2D eigenvalue weighted by atomic mass is 16.7. The molecular weight excluding hydrogens is 472 g/mol. The van der Waals surface area contributed by atoms with Crippen LogP contribution in [-0.2, 0) is 23.7 Å². The van der Waals surface area contributed by atoms with E-state index in [1.165, 1.54) is 0 Å². The first-order chi connectivity index (χ1) is 16.0. The van der Waals surface area contributed by atoms with Gasteiger partial charge in [0.05, 0.1) is 19.8 Å². The summed E-state index contributed by atoms with van der Waals surface area (Å²) in [5.74, 6) is 0. The molecule has 3 heterocycles. The van der Waals surface area contributed by atoms with Crippen LogP contribution in [0.5, 0.6) is 0 Å². The van der Waals surface area contributed by atoms with Crippen LogP contribution in [0.2, 0.25) is 0 Å². The molecular formula is C18H32O16. The van der Waals surface area contributed by atoms with Crippen molar-refractivity contribution in [3.8, 4) is 0 Å². The second kappa shape index (κ2) is 11.6. The van der Waals surface area contributed by atoms with Crippen LogP contribution in [0.25, 0.3) is 0 Å². The molecule has 0 aromatic carbocycles. The molecule has 15 atom stereocenters. The summed E-state index contributed by atoms with van der Waals surface area (Å²) in [5, 5.41) is 108. The third-order valence-corrected chi connectivity index (χ3v) is 6.05. The lowest BCUT2D eigenvalue weighted by Gasteiger charge is -2.43. The van der Waals surface area contributed by atoms with Gasteiger partial charge in [0.2, 0.25) is 0 Å². The highest BCUT2D eigenvalue weighted by Crippen LogP contribution is 2.27. The summed E-state index contributed by atoms with van der Waals surface area (Å²) in [5.41, 5.74) is 0. The molecule has 3 aliphatic heterocycles. The van der Waals surface area contributed by atoms with Crippen molar-refractivity contribution in [1.29, 1.82) is 0 Å². The number of aliphatic hydroxyl groups is 11. The molecule has 0 spiro atoms. The van der Waals surface area contributed by atoms with Gasteiger partial charge in [-0.1, -0.05) is 0 Å². The summed E-state index contributed by atoms with van der Waals surface area (Å²) in [4.78, 5) is 0. The maximum Gasteiger partial charge on any atom is 0.186 e. The molecule has 3 saturated heterocycles. The van der Waals surface area contributed by atoms with E-state index in [1.807, 2.05) is 0 Å². The van der Waals surface area contributed by atoms with Gasteiger partial charge in [0.1, 0.15) is 73.2 Å². The lowest BCUT2D eigenvalue weighted by Crippen LogP contribution is -2.62. The number of hydrogen-bond acceptors (Lipinski definition) is 16. The van der Waals surface area contributed by atoms with E-state index >= 15 is 0 Å². The molecule has 0 aromatic rings. The van der Waals surface area contributed by atoms with E-state index < -0.39 is 112 Å². The Morgan fingerprint density at radius 2 is 0.824 bits per heavy atom. The van der Waals surface area contributed by atoms with Crippen molar-refractivity contribution in [2.24, 2.45) is 0 Å². The fourth-order valence-electron chi connectivity index (χ4n) is 3.84. The first-order valence-electron chi connectivity index (χ1n) is 10.6. The van der Waals surface area contributed by atoms with E-state index in [0.717, 1.165) is 0 Å². The van der Waals surface area contributed by atoms with Crippen molar-refractivity contribution >= 4 is 0 Å². The lowest BCUT2D eigenvalue weighted by molar-refractivity contribution is -0.340. The van der Waals surface area contributed by atoms with Gasteiger partial charge in [0, 0.05) is 0 Å². The fraction of sp³-hybridized carbons (Fsp3) is 1.00. The molecule has 0 bridgehead atoms. The van der Waals surface area contributed by atoms with E-state index in [0.29, 0.717) is 0 Å². The molecule has 16 heteroatoms. The molecule has 0 saturated carbocycles. The van der Waals surface area contributed by atoms with Crippen LogP contribution in [0.3, 0.4) is 0 Å². The quantitative estimate of drug-likeness (QED) is 0.154. The minimum absolute atomic E-state index is 0.570. The zero-order chi connectivity index (χ0) is 25.3. The van der Waals surface area contributed by atoms with Gasteiger partial charge in [-0.2, -0.15) is 0 Å². The zero-order valence-electron chi connectivity index (χ0n) is 17.7. The molecule has 0 unspecified atom stereocenters. The molecule has 3 aliphatic rings. The maximum atomic E-state index is 10.2. The molecule has 0 amide bonds. The van der Waals surface area contributed by atoms with Crippen molar-refractivity contribution in [3.05, 3.63) is 0 Å². The fourth-order valence-corrected chi connectivity index (χ4v) is 3.84. The second-order valence-corrected chi connectivity index (χ2v) is 8.42. The Hall–Kier alpha value is -0.640. The SMILES string of the molecule is OC[C@H]1O[C@@H](OC[C@H]2O[C@@H](OC[C@H]3O[C@H](O)[C@H](O)[C@@H](O)[C@H]3O)[C@H](O)[C@@H](O)[C@@H]2O)[C@H](O)[C@@H](O)[C@@H]1O. The van der Waals surface area contributed by atoms with E-state index in [1.54, 1.807) is 0 Å². The minimum Gasteiger partial charge on any atom is -0.394 e. The van der Waals surface area contributed by atoms with Crippen LogP contribution in [0.1, 0.15) is 0 Å². The topological polar surface area (TPSA) is 269 Å². The molecule has 0 aliphatic carbocycles. The van der Waals surface area contributed by atoms with Gasteiger partial charge in [-0.3, -0.25) is 0 Å². The summed E-state index contributed by atoms with van der Waals surface area (Å²) in [6, 6.07) is 0. The molecule has 3 rings (SSSR count). The summed E-state index contributed by atoms with van der Waals surface area (Å²) in [6.45, 7) is -1.84. The monoisotopic (exact) mass is 504 g/mol. The van der Waals surface area contributed by atoms with Crippen molar-refractivity contribution in [1.82, 2.24) is 0 Å². The lowest BCUT2D eigenvalue weighted by atomic mass is 9.98. The van der Waals surface area contributed by atoms with E-state index in [4.69, 9.17) is 23.7 Å². The Kier molecular flexibility index (Phi) is 9.54. The summed E-state index contributed by atoms with van der Waals surface area (Å²) in [6.07, 6.45) is -24.4. The summed E-state index contributed by atoms with van der Waals surface area (Å²) >= 11 is 0. The third-order valence-electron chi connectivity index (χ3n) is 6.05. The van der Waals surface area contributed by atoms with Crippen LogP contribution >= 0.6 is 0 Å². The molecule has 0 radical (unpaired) electrons. The van der Waals surface area contributed by atoms with Crippen LogP contribution < -0.4 is 0 Å². The van der Waals surface area contributed by atoms with E-state index in [2.05, 4.69) is 0 Å². The largest absolute Gasteiger partial charge is 0.394 e. The molecule has 200 valence electrons. The third kappa shape index (κ3) is 5.68. The summed E-state index contributed by atoms with van der Waals surface area (Å²) in [7, 11) is 0. The summed E-state index contributed by atoms with van der Waals surface area (Å²) < 4.78 is 26.1. The number of hydrogen-bond donors (Lipinski definition) is 11. The maximum absolute atomic E-state index is 10.2. The molecule has 0 aromatic heterocycles. The Morgan fingerprint density at radius 1 is 0.441 bits per heavy atom. The number of ether oxygens (including phenoxy) is 5. The van der Waals surface area contributed by atoms with Gasteiger partial charge in [0.15, 0.2) is 18.9 Å². The highest BCUT2D eigenvalue weighted by molar-refractivity contribution is 4.92. The first kappa shape index (κ1) is 27.9. The highest BCUT2D eigenvalue weighted by Gasteiger charge is 2.48. The van der Waals surface area contributed by atoms with Gasteiger partial charge < -0.3 is 79.9 Å². The van der Waals surface area contributed by atoms with Crippen molar-refractivity contribution in [2.75, 3.05) is 19.8 Å². The smallest absolute Gasteiger partial charge is 0.186 e. The number of rotatable bonds is 7. The first-order valence-corrected chi connectivity index (χ1v) is 10.6. The Morgan fingerprint density at radius 3 is 1.29 bits per heavy atom.